The molecule has 0 radical (unpaired) electrons. The Morgan fingerprint density at radius 2 is 2.37 bits per heavy atom. The highest BCUT2D eigenvalue weighted by Gasteiger charge is 2.26. The molecule has 1 saturated heterocycles. The lowest BCUT2D eigenvalue weighted by Gasteiger charge is -2.17. The Morgan fingerprint density at radius 1 is 1.63 bits per heavy atom. The van der Waals surface area contributed by atoms with Gasteiger partial charge in [0.2, 0.25) is 5.82 Å². The zero-order chi connectivity index (χ0) is 14.0. The van der Waals surface area contributed by atoms with E-state index in [-0.39, 0.29) is 23.8 Å². The van der Waals surface area contributed by atoms with Crippen LogP contribution < -0.4 is 10.6 Å². The average molecular weight is 266 g/mol. The molecule has 8 nitrogen and oxygen atoms in total. The Hall–Kier alpha value is -2.38. The number of nitrogens with two attached hydrogens (primary N) is 1. The van der Waals surface area contributed by atoms with Crippen LogP contribution in [-0.2, 0) is 4.79 Å². The molecule has 0 spiro atoms. The molecular weight excluding hydrogens is 252 g/mol. The minimum Gasteiger partial charge on any atom is -0.481 e. The Balaban J connectivity index is 2.09. The summed E-state index contributed by atoms with van der Waals surface area (Å²) in [6.07, 6.45) is 0.893. The molecular formula is C11H14N4O4. The van der Waals surface area contributed by atoms with Crippen molar-refractivity contribution in [3.8, 4) is 0 Å². The molecule has 0 amide bonds. The maximum atomic E-state index is 10.6. The molecule has 1 unspecified atom stereocenters. The maximum absolute atomic E-state index is 10.6. The Morgan fingerprint density at radius 3 is 2.95 bits per heavy atom. The van der Waals surface area contributed by atoms with E-state index in [1.54, 1.807) is 0 Å². The number of pyridine rings is 1. The van der Waals surface area contributed by atoms with Gasteiger partial charge in [-0.1, -0.05) is 0 Å². The summed E-state index contributed by atoms with van der Waals surface area (Å²) in [5.74, 6) is -0.307. The van der Waals surface area contributed by atoms with E-state index < -0.39 is 10.9 Å². The highest BCUT2D eigenvalue weighted by molar-refractivity contribution is 5.67. The van der Waals surface area contributed by atoms with Crippen LogP contribution in [0.1, 0.15) is 12.8 Å². The van der Waals surface area contributed by atoms with Gasteiger partial charge in [-0.3, -0.25) is 14.9 Å². The van der Waals surface area contributed by atoms with Crippen LogP contribution in [0.3, 0.4) is 0 Å². The van der Waals surface area contributed by atoms with Crippen molar-refractivity contribution in [2.75, 3.05) is 23.7 Å². The summed E-state index contributed by atoms with van der Waals surface area (Å²) in [5, 5.41) is 19.4. The number of hydrogen-bond acceptors (Lipinski definition) is 6. The predicted octanol–water partition coefficient (Wildman–Crippen LogP) is 0.873. The van der Waals surface area contributed by atoms with E-state index in [2.05, 4.69) is 4.98 Å². The third-order valence-electron chi connectivity index (χ3n) is 3.16. The fourth-order valence-corrected chi connectivity index (χ4v) is 2.24. The van der Waals surface area contributed by atoms with Gasteiger partial charge in [0, 0.05) is 25.6 Å². The summed E-state index contributed by atoms with van der Waals surface area (Å²) >= 11 is 0. The molecule has 1 aliphatic rings. The van der Waals surface area contributed by atoms with Crippen LogP contribution in [0.2, 0.25) is 0 Å². The van der Waals surface area contributed by atoms with Crippen LogP contribution >= 0.6 is 0 Å². The molecule has 0 saturated carbocycles. The zero-order valence-electron chi connectivity index (χ0n) is 10.2. The molecule has 2 heterocycles. The maximum Gasteiger partial charge on any atom is 0.311 e. The van der Waals surface area contributed by atoms with Gasteiger partial charge in [0.1, 0.15) is 5.82 Å². The fourth-order valence-electron chi connectivity index (χ4n) is 2.24. The van der Waals surface area contributed by atoms with Gasteiger partial charge in [0.05, 0.1) is 4.92 Å². The summed E-state index contributed by atoms with van der Waals surface area (Å²) in [6, 6.07) is 2.86. The van der Waals surface area contributed by atoms with Crippen molar-refractivity contribution >= 4 is 23.3 Å². The minimum atomic E-state index is -0.817. The molecule has 102 valence electrons. The van der Waals surface area contributed by atoms with E-state index in [4.69, 9.17) is 10.8 Å². The van der Waals surface area contributed by atoms with Crippen LogP contribution in [0, 0.1) is 16.0 Å². The van der Waals surface area contributed by atoms with E-state index in [1.165, 1.54) is 12.1 Å². The number of nitrogens with zero attached hydrogens (tertiary/aromatic N) is 3. The SMILES string of the molecule is Nc1nc(N2CCC(CC(=O)O)C2)ccc1[N+](=O)[O-]. The zero-order valence-corrected chi connectivity index (χ0v) is 10.2. The fraction of sp³-hybridized carbons (Fsp3) is 0.455. The Kier molecular flexibility index (Phi) is 3.50. The van der Waals surface area contributed by atoms with Gasteiger partial charge in [-0.25, -0.2) is 4.98 Å². The second kappa shape index (κ2) is 5.09. The standard InChI is InChI=1S/C11H14N4O4/c12-11-8(15(18)19)1-2-9(13-11)14-4-3-7(6-14)5-10(16)17/h1-2,7H,3-6H2,(H2,12,13)(H,16,17). The first-order chi connectivity index (χ1) is 8.97. The molecule has 1 aromatic heterocycles. The normalized spacial score (nSPS) is 18.5. The van der Waals surface area contributed by atoms with Gasteiger partial charge in [0.25, 0.3) is 0 Å². The topological polar surface area (TPSA) is 123 Å². The van der Waals surface area contributed by atoms with Crippen molar-refractivity contribution < 1.29 is 14.8 Å². The first kappa shape index (κ1) is 13.1. The van der Waals surface area contributed by atoms with Gasteiger partial charge in [0.15, 0.2) is 0 Å². The first-order valence-electron chi connectivity index (χ1n) is 5.85. The molecule has 2 rings (SSSR count). The van der Waals surface area contributed by atoms with E-state index in [9.17, 15) is 14.9 Å². The number of aromatic nitrogens is 1. The predicted molar refractivity (Wildman–Crippen MR) is 67.9 cm³/mol. The third-order valence-corrected chi connectivity index (χ3v) is 3.16. The second-order valence-electron chi connectivity index (χ2n) is 4.53. The summed E-state index contributed by atoms with van der Waals surface area (Å²) < 4.78 is 0. The lowest BCUT2D eigenvalue weighted by Crippen LogP contribution is -2.22. The number of carboxylic acids is 1. The van der Waals surface area contributed by atoms with Crippen molar-refractivity contribution in [3.63, 3.8) is 0 Å². The molecule has 0 aliphatic carbocycles. The molecule has 0 aromatic carbocycles. The van der Waals surface area contributed by atoms with Crippen molar-refractivity contribution in [1.29, 1.82) is 0 Å². The minimum absolute atomic E-state index is 0.0794. The lowest BCUT2D eigenvalue weighted by atomic mass is 10.1. The smallest absolute Gasteiger partial charge is 0.311 e. The first-order valence-corrected chi connectivity index (χ1v) is 5.85. The summed E-state index contributed by atoms with van der Waals surface area (Å²) in [5.41, 5.74) is 5.31. The van der Waals surface area contributed by atoms with Crippen LogP contribution in [0.15, 0.2) is 12.1 Å². The summed E-state index contributed by atoms with van der Waals surface area (Å²) in [7, 11) is 0. The van der Waals surface area contributed by atoms with Gasteiger partial charge < -0.3 is 15.7 Å². The highest BCUT2D eigenvalue weighted by Crippen LogP contribution is 2.28. The molecule has 0 bridgehead atoms. The molecule has 1 aromatic rings. The molecule has 1 atom stereocenters. The number of hydrogen-bond donors (Lipinski definition) is 2. The number of rotatable bonds is 4. The van der Waals surface area contributed by atoms with Gasteiger partial charge in [-0.15, -0.1) is 0 Å². The number of carbonyl (C=O) groups is 1. The molecule has 1 fully saturated rings. The summed E-state index contributed by atoms with van der Waals surface area (Å²) in [4.78, 5) is 26.6. The van der Waals surface area contributed by atoms with E-state index in [1.807, 2.05) is 4.90 Å². The van der Waals surface area contributed by atoms with Crippen molar-refractivity contribution in [3.05, 3.63) is 22.2 Å². The van der Waals surface area contributed by atoms with Gasteiger partial charge in [-0.2, -0.15) is 0 Å². The number of carboxylic acid groups (broad SMARTS) is 1. The summed E-state index contributed by atoms with van der Waals surface area (Å²) in [6.45, 7) is 1.26. The number of nitrogen functional groups attached to an aromatic ring is 1. The Labute approximate surface area is 109 Å². The number of aliphatic carboxylic acids is 1. The van der Waals surface area contributed by atoms with Crippen molar-refractivity contribution in [1.82, 2.24) is 4.98 Å². The monoisotopic (exact) mass is 266 g/mol. The largest absolute Gasteiger partial charge is 0.481 e. The van der Waals surface area contributed by atoms with Crippen LogP contribution in [-0.4, -0.2) is 34.1 Å². The van der Waals surface area contributed by atoms with E-state index >= 15 is 0 Å². The molecule has 8 heteroatoms. The van der Waals surface area contributed by atoms with Gasteiger partial charge >= 0.3 is 11.7 Å². The van der Waals surface area contributed by atoms with Crippen molar-refractivity contribution in [2.45, 2.75) is 12.8 Å². The van der Waals surface area contributed by atoms with E-state index in [0.29, 0.717) is 18.9 Å². The lowest BCUT2D eigenvalue weighted by molar-refractivity contribution is -0.384. The highest BCUT2D eigenvalue weighted by atomic mass is 16.6. The van der Waals surface area contributed by atoms with Crippen LogP contribution in [0.4, 0.5) is 17.3 Å². The second-order valence-corrected chi connectivity index (χ2v) is 4.53. The molecule has 19 heavy (non-hydrogen) atoms. The number of anilines is 2. The number of nitro groups is 1. The van der Waals surface area contributed by atoms with Crippen LogP contribution in [0.5, 0.6) is 0 Å². The van der Waals surface area contributed by atoms with Crippen LogP contribution in [0.25, 0.3) is 0 Å². The molecule has 1 aliphatic heterocycles. The third kappa shape index (κ3) is 2.90. The average Bonchev–Trinajstić information content (AvgIpc) is 2.75. The Bertz CT molecular complexity index is 519. The van der Waals surface area contributed by atoms with Gasteiger partial charge in [-0.05, 0) is 18.4 Å². The molecule has 3 N–H and O–H groups in total. The van der Waals surface area contributed by atoms with Crippen molar-refractivity contribution in [2.24, 2.45) is 5.92 Å². The van der Waals surface area contributed by atoms with E-state index in [0.717, 1.165) is 6.42 Å². The quantitative estimate of drug-likeness (QED) is 0.612.